The summed E-state index contributed by atoms with van der Waals surface area (Å²) < 4.78 is 1.95. The van der Waals surface area contributed by atoms with E-state index in [9.17, 15) is 4.79 Å². The SMILES string of the molecule is CCCn1cc(-c2ccnc(N[C@@H]3CC(=O)N(C(C)C)C3)n2)c(C)n1. The zero-order valence-electron chi connectivity index (χ0n) is 15.4. The van der Waals surface area contributed by atoms with E-state index in [1.165, 1.54) is 0 Å². The number of aryl methyl sites for hydroxylation is 2. The normalized spacial score (nSPS) is 17.6. The van der Waals surface area contributed by atoms with Crippen LogP contribution >= 0.6 is 0 Å². The predicted molar refractivity (Wildman–Crippen MR) is 97.2 cm³/mol. The summed E-state index contributed by atoms with van der Waals surface area (Å²) >= 11 is 0. The number of hydrogen-bond donors (Lipinski definition) is 1. The second kappa shape index (κ2) is 7.21. The van der Waals surface area contributed by atoms with Gasteiger partial charge in [-0.25, -0.2) is 9.97 Å². The van der Waals surface area contributed by atoms with Crippen LogP contribution in [-0.4, -0.2) is 49.2 Å². The van der Waals surface area contributed by atoms with Crippen molar-refractivity contribution < 1.29 is 4.79 Å². The Morgan fingerprint density at radius 2 is 2.20 bits per heavy atom. The van der Waals surface area contributed by atoms with E-state index in [1.807, 2.05) is 42.6 Å². The molecule has 25 heavy (non-hydrogen) atoms. The highest BCUT2D eigenvalue weighted by Gasteiger charge is 2.31. The summed E-state index contributed by atoms with van der Waals surface area (Å²) in [5.74, 6) is 0.740. The van der Waals surface area contributed by atoms with Crippen LogP contribution in [0, 0.1) is 6.92 Å². The first-order valence-corrected chi connectivity index (χ1v) is 8.91. The fourth-order valence-electron chi connectivity index (χ4n) is 3.20. The number of nitrogens with one attached hydrogen (secondary N) is 1. The number of aromatic nitrogens is 4. The van der Waals surface area contributed by atoms with Gasteiger partial charge in [-0.15, -0.1) is 0 Å². The highest BCUT2D eigenvalue weighted by atomic mass is 16.2. The Kier molecular flexibility index (Phi) is 5.01. The minimum absolute atomic E-state index is 0.0501. The van der Waals surface area contributed by atoms with Gasteiger partial charge in [-0.3, -0.25) is 9.48 Å². The van der Waals surface area contributed by atoms with Crippen LogP contribution in [0.25, 0.3) is 11.3 Å². The first-order chi connectivity index (χ1) is 12.0. The molecule has 1 fully saturated rings. The fourth-order valence-corrected chi connectivity index (χ4v) is 3.20. The van der Waals surface area contributed by atoms with E-state index >= 15 is 0 Å². The van der Waals surface area contributed by atoms with Gasteiger partial charge in [0.2, 0.25) is 11.9 Å². The molecule has 3 heterocycles. The summed E-state index contributed by atoms with van der Waals surface area (Å²) in [6.07, 6.45) is 5.31. The number of amides is 1. The maximum absolute atomic E-state index is 12.0. The lowest BCUT2D eigenvalue weighted by atomic mass is 10.2. The molecule has 1 aliphatic rings. The van der Waals surface area contributed by atoms with Crippen molar-refractivity contribution in [2.24, 2.45) is 0 Å². The van der Waals surface area contributed by atoms with Crippen molar-refractivity contribution in [1.82, 2.24) is 24.6 Å². The minimum atomic E-state index is 0.0501. The van der Waals surface area contributed by atoms with Gasteiger partial charge in [0.1, 0.15) is 0 Å². The molecule has 1 amide bonds. The first kappa shape index (κ1) is 17.4. The molecule has 0 aromatic carbocycles. The Hall–Kier alpha value is -2.44. The number of nitrogens with zero attached hydrogens (tertiary/aromatic N) is 5. The number of likely N-dealkylation sites (tertiary alicyclic amines) is 1. The largest absolute Gasteiger partial charge is 0.349 e. The van der Waals surface area contributed by atoms with Gasteiger partial charge in [0.15, 0.2) is 0 Å². The number of carbonyl (C=O) groups excluding carboxylic acids is 1. The van der Waals surface area contributed by atoms with Crippen LogP contribution in [0.4, 0.5) is 5.95 Å². The lowest BCUT2D eigenvalue weighted by Gasteiger charge is -2.21. The van der Waals surface area contributed by atoms with Crippen molar-refractivity contribution in [2.45, 2.75) is 59.2 Å². The van der Waals surface area contributed by atoms with Gasteiger partial charge in [0.05, 0.1) is 17.4 Å². The number of anilines is 1. The van der Waals surface area contributed by atoms with Gasteiger partial charge >= 0.3 is 0 Å². The monoisotopic (exact) mass is 342 g/mol. The molecule has 2 aromatic rings. The van der Waals surface area contributed by atoms with Crippen molar-refractivity contribution in [2.75, 3.05) is 11.9 Å². The van der Waals surface area contributed by atoms with Gasteiger partial charge in [0.25, 0.3) is 0 Å². The molecule has 0 aliphatic carbocycles. The summed E-state index contributed by atoms with van der Waals surface area (Å²) in [5.41, 5.74) is 2.83. The molecule has 1 saturated heterocycles. The van der Waals surface area contributed by atoms with E-state index in [2.05, 4.69) is 27.3 Å². The molecule has 7 heteroatoms. The zero-order valence-corrected chi connectivity index (χ0v) is 15.4. The Bertz CT molecular complexity index is 754. The molecule has 134 valence electrons. The first-order valence-electron chi connectivity index (χ1n) is 8.91. The fraction of sp³-hybridized carbons (Fsp3) is 0.556. The summed E-state index contributed by atoms with van der Waals surface area (Å²) in [7, 11) is 0. The maximum atomic E-state index is 12.0. The molecular weight excluding hydrogens is 316 g/mol. The highest BCUT2D eigenvalue weighted by Crippen LogP contribution is 2.22. The molecule has 0 bridgehead atoms. The van der Waals surface area contributed by atoms with Crippen LogP contribution in [-0.2, 0) is 11.3 Å². The maximum Gasteiger partial charge on any atom is 0.225 e. The van der Waals surface area contributed by atoms with E-state index in [1.54, 1.807) is 6.20 Å². The van der Waals surface area contributed by atoms with Crippen LogP contribution in [0.2, 0.25) is 0 Å². The Labute approximate surface area is 148 Å². The zero-order chi connectivity index (χ0) is 18.0. The van der Waals surface area contributed by atoms with Crippen LogP contribution in [0.3, 0.4) is 0 Å². The molecule has 7 nitrogen and oxygen atoms in total. The third-order valence-electron chi connectivity index (χ3n) is 4.45. The van der Waals surface area contributed by atoms with Crippen molar-refractivity contribution in [3.63, 3.8) is 0 Å². The van der Waals surface area contributed by atoms with Gasteiger partial charge in [-0.05, 0) is 33.3 Å². The van der Waals surface area contributed by atoms with Crippen molar-refractivity contribution in [3.05, 3.63) is 24.2 Å². The highest BCUT2D eigenvalue weighted by molar-refractivity contribution is 5.80. The van der Waals surface area contributed by atoms with Gasteiger partial charge in [-0.1, -0.05) is 6.92 Å². The molecule has 3 rings (SSSR count). The molecule has 0 radical (unpaired) electrons. The Morgan fingerprint density at radius 3 is 2.88 bits per heavy atom. The molecule has 0 saturated carbocycles. The quantitative estimate of drug-likeness (QED) is 0.873. The standard InChI is InChI=1S/C18H26N6O/c1-5-8-23-11-15(13(4)22-23)16-6-7-19-18(21-16)20-14-9-17(25)24(10-14)12(2)3/h6-7,11-12,14H,5,8-10H2,1-4H3,(H,19,20,21)/t14-/m1/s1. The third kappa shape index (κ3) is 3.81. The van der Waals surface area contributed by atoms with Crippen molar-refractivity contribution in [1.29, 1.82) is 0 Å². The van der Waals surface area contributed by atoms with Crippen LogP contribution in [0.15, 0.2) is 18.5 Å². The predicted octanol–water partition coefficient (Wildman–Crippen LogP) is 2.48. The van der Waals surface area contributed by atoms with Gasteiger partial charge in [0, 0.05) is 43.5 Å². The topological polar surface area (TPSA) is 75.9 Å². The Morgan fingerprint density at radius 1 is 1.40 bits per heavy atom. The van der Waals surface area contributed by atoms with Crippen LogP contribution < -0.4 is 5.32 Å². The number of hydrogen-bond acceptors (Lipinski definition) is 5. The van der Waals surface area contributed by atoms with E-state index in [0.717, 1.165) is 29.9 Å². The molecule has 0 unspecified atom stereocenters. The summed E-state index contributed by atoms with van der Waals surface area (Å²) in [6.45, 7) is 9.78. The second-order valence-corrected chi connectivity index (χ2v) is 6.84. The van der Waals surface area contributed by atoms with E-state index < -0.39 is 0 Å². The van der Waals surface area contributed by atoms with E-state index in [-0.39, 0.29) is 18.0 Å². The van der Waals surface area contributed by atoms with Crippen molar-refractivity contribution in [3.8, 4) is 11.3 Å². The Balaban J connectivity index is 1.75. The summed E-state index contributed by atoms with van der Waals surface area (Å²) in [4.78, 5) is 22.9. The van der Waals surface area contributed by atoms with Crippen LogP contribution in [0.5, 0.6) is 0 Å². The lowest BCUT2D eigenvalue weighted by Crippen LogP contribution is -2.33. The molecule has 1 atom stereocenters. The third-order valence-corrected chi connectivity index (χ3v) is 4.45. The average Bonchev–Trinajstić information content (AvgIpc) is 3.11. The molecule has 1 N–H and O–H groups in total. The van der Waals surface area contributed by atoms with Gasteiger partial charge in [-0.2, -0.15) is 5.10 Å². The van der Waals surface area contributed by atoms with Crippen LogP contribution in [0.1, 0.15) is 39.3 Å². The molecule has 1 aliphatic heterocycles. The van der Waals surface area contributed by atoms with E-state index in [0.29, 0.717) is 18.9 Å². The van der Waals surface area contributed by atoms with Crippen molar-refractivity contribution >= 4 is 11.9 Å². The lowest BCUT2D eigenvalue weighted by molar-refractivity contribution is -0.129. The smallest absolute Gasteiger partial charge is 0.225 e. The molecule has 0 spiro atoms. The van der Waals surface area contributed by atoms with E-state index in [4.69, 9.17) is 0 Å². The molecular formula is C18H26N6O. The second-order valence-electron chi connectivity index (χ2n) is 6.84. The number of carbonyl (C=O) groups is 1. The summed E-state index contributed by atoms with van der Waals surface area (Å²) in [6, 6.07) is 2.17. The van der Waals surface area contributed by atoms with Gasteiger partial charge < -0.3 is 10.2 Å². The average molecular weight is 342 g/mol. The molecule has 2 aromatic heterocycles. The number of rotatable bonds is 6. The summed E-state index contributed by atoms with van der Waals surface area (Å²) in [5, 5.41) is 7.84. The minimum Gasteiger partial charge on any atom is -0.349 e.